The maximum Gasteiger partial charge on any atom is 0.269 e. The van der Waals surface area contributed by atoms with Gasteiger partial charge in [-0.15, -0.1) is 0 Å². The maximum atomic E-state index is 12.4. The van der Waals surface area contributed by atoms with E-state index >= 15 is 0 Å². The molecule has 0 bridgehead atoms. The normalized spacial score (nSPS) is 10.2. The van der Waals surface area contributed by atoms with Crippen LogP contribution in [0, 0.1) is 0 Å². The first-order valence-corrected chi connectivity index (χ1v) is 8.89. The predicted molar refractivity (Wildman–Crippen MR) is 108 cm³/mol. The van der Waals surface area contributed by atoms with E-state index in [-0.39, 0.29) is 17.5 Å². The lowest BCUT2D eigenvalue weighted by molar-refractivity contribution is 0.0949. The van der Waals surface area contributed by atoms with E-state index in [0.717, 1.165) is 11.3 Å². The van der Waals surface area contributed by atoms with E-state index in [9.17, 15) is 9.59 Å². The number of rotatable bonds is 7. The number of aromatic nitrogens is 1. The molecule has 2 N–H and O–H groups in total. The predicted octanol–water partition coefficient (Wildman–Crippen LogP) is 3.32. The second-order valence-electron chi connectivity index (χ2n) is 6.10. The molecule has 0 aliphatic rings. The van der Waals surface area contributed by atoms with Crippen LogP contribution >= 0.6 is 0 Å². The average Bonchev–Trinajstić information content (AvgIpc) is 2.75. The van der Waals surface area contributed by atoms with Crippen molar-refractivity contribution in [3.63, 3.8) is 0 Å². The molecule has 0 unspecified atom stereocenters. The number of amides is 2. The summed E-state index contributed by atoms with van der Waals surface area (Å²) >= 11 is 0. The second-order valence-corrected chi connectivity index (χ2v) is 6.10. The lowest BCUT2D eigenvalue weighted by Gasteiger charge is -2.08. The minimum atomic E-state index is -0.317. The highest BCUT2D eigenvalue weighted by Crippen LogP contribution is 2.12. The van der Waals surface area contributed by atoms with Gasteiger partial charge in [0.05, 0.1) is 7.11 Å². The van der Waals surface area contributed by atoms with Gasteiger partial charge in [-0.05, 0) is 48.4 Å². The number of benzene rings is 2. The van der Waals surface area contributed by atoms with Crippen molar-refractivity contribution < 1.29 is 14.3 Å². The van der Waals surface area contributed by atoms with E-state index in [1.165, 1.54) is 12.3 Å². The smallest absolute Gasteiger partial charge is 0.269 e. The van der Waals surface area contributed by atoms with Crippen molar-refractivity contribution >= 4 is 17.5 Å². The van der Waals surface area contributed by atoms with E-state index in [4.69, 9.17) is 4.74 Å². The quantitative estimate of drug-likeness (QED) is 0.664. The molecule has 3 rings (SSSR count). The Balaban J connectivity index is 1.56. The summed E-state index contributed by atoms with van der Waals surface area (Å²) in [6, 6.07) is 19.9. The zero-order chi connectivity index (χ0) is 19.8. The van der Waals surface area contributed by atoms with Gasteiger partial charge in [-0.1, -0.05) is 30.3 Å². The Labute approximate surface area is 163 Å². The van der Waals surface area contributed by atoms with Crippen molar-refractivity contribution in [1.29, 1.82) is 0 Å². The van der Waals surface area contributed by atoms with Gasteiger partial charge in [0.1, 0.15) is 11.4 Å². The first-order chi connectivity index (χ1) is 13.7. The van der Waals surface area contributed by atoms with Gasteiger partial charge in [0, 0.05) is 24.0 Å². The number of methoxy groups -OCH3 is 1. The Bertz CT molecular complexity index is 941. The third-order valence-electron chi connectivity index (χ3n) is 4.14. The number of nitrogens with one attached hydrogen (secondary N) is 2. The van der Waals surface area contributed by atoms with Crippen LogP contribution in [-0.2, 0) is 6.42 Å². The summed E-state index contributed by atoms with van der Waals surface area (Å²) < 4.78 is 5.13. The Hall–Kier alpha value is -3.67. The third-order valence-corrected chi connectivity index (χ3v) is 4.14. The number of hydrogen-bond acceptors (Lipinski definition) is 4. The molecule has 6 nitrogen and oxygen atoms in total. The summed E-state index contributed by atoms with van der Waals surface area (Å²) in [4.78, 5) is 28.8. The zero-order valence-corrected chi connectivity index (χ0v) is 15.5. The number of ether oxygens (including phenoxy) is 1. The maximum absolute atomic E-state index is 12.4. The molecule has 0 spiro atoms. The second kappa shape index (κ2) is 9.32. The number of pyridine rings is 1. The van der Waals surface area contributed by atoms with E-state index in [2.05, 4.69) is 15.6 Å². The fourth-order valence-electron chi connectivity index (χ4n) is 2.62. The fourth-order valence-corrected chi connectivity index (χ4v) is 2.62. The molecule has 1 heterocycles. The summed E-state index contributed by atoms with van der Waals surface area (Å²) in [5.74, 6) is 0.186. The lowest BCUT2D eigenvalue weighted by atomic mass is 10.1. The van der Waals surface area contributed by atoms with Gasteiger partial charge in [0.25, 0.3) is 11.8 Å². The number of carbonyl (C=O) groups excluding carboxylic acids is 2. The summed E-state index contributed by atoms with van der Waals surface area (Å²) in [6.45, 7) is 0.466. The highest BCUT2D eigenvalue weighted by atomic mass is 16.5. The van der Waals surface area contributed by atoms with Crippen molar-refractivity contribution in [2.24, 2.45) is 0 Å². The van der Waals surface area contributed by atoms with E-state index in [1.54, 1.807) is 25.3 Å². The molecule has 2 amide bonds. The Morgan fingerprint density at radius 3 is 2.43 bits per heavy atom. The van der Waals surface area contributed by atoms with Gasteiger partial charge in [-0.2, -0.15) is 0 Å². The third kappa shape index (κ3) is 5.17. The Morgan fingerprint density at radius 1 is 0.964 bits per heavy atom. The highest BCUT2D eigenvalue weighted by Gasteiger charge is 2.12. The molecule has 0 atom stereocenters. The molecule has 6 heteroatoms. The van der Waals surface area contributed by atoms with Crippen LogP contribution in [0.1, 0.15) is 26.4 Å². The molecule has 0 radical (unpaired) electrons. The number of hydrogen-bond donors (Lipinski definition) is 2. The molecule has 0 saturated carbocycles. The summed E-state index contributed by atoms with van der Waals surface area (Å²) in [5, 5.41) is 5.62. The molecule has 0 saturated heterocycles. The van der Waals surface area contributed by atoms with Crippen molar-refractivity contribution in [2.45, 2.75) is 6.42 Å². The van der Waals surface area contributed by atoms with Crippen LogP contribution < -0.4 is 15.4 Å². The molecule has 3 aromatic rings. The lowest BCUT2D eigenvalue weighted by Crippen LogP contribution is -2.27. The van der Waals surface area contributed by atoms with Crippen molar-refractivity contribution in [3.05, 3.63) is 89.7 Å². The van der Waals surface area contributed by atoms with Gasteiger partial charge in [-0.25, -0.2) is 0 Å². The van der Waals surface area contributed by atoms with Crippen molar-refractivity contribution in [1.82, 2.24) is 10.3 Å². The molecular formula is C22H21N3O3. The Kier molecular flexibility index (Phi) is 6.36. The first kappa shape index (κ1) is 19.1. The monoisotopic (exact) mass is 375 g/mol. The molecule has 28 heavy (non-hydrogen) atoms. The van der Waals surface area contributed by atoms with Gasteiger partial charge < -0.3 is 15.4 Å². The van der Waals surface area contributed by atoms with Crippen LogP contribution in [-0.4, -0.2) is 30.5 Å². The van der Waals surface area contributed by atoms with Crippen molar-refractivity contribution in [2.75, 3.05) is 19.0 Å². The van der Waals surface area contributed by atoms with Crippen LogP contribution in [0.4, 0.5) is 5.69 Å². The van der Waals surface area contributed by atoms with Gasteiger partial charge in [0.2, 0.25) is 0 Å². The average molecular weight is 375 g/mol. The molecule has 0 fully saturated rings. The standard InChI is InChI=1S/C22H21N3O3/c1-28-19-9-7-16(8-10-19)11-13-24-22(27)20-15-17(12-14-23-20)21(26)25-18-5-3-2-4-6-18/h2-10,12,14-15H,11,13H2,1H3,(H,24,27)(H,25,26). The SMILES string of the molecule is COc1ccc(CCNC(=O)c2cc(C(=O)Nc3ccccc3)ccn2)cc1. The van der Waals surface area contributed by atoms with E-state index in [1.807, 2.05) is 42.5 Å². The van der Waals surface area contributed by atoms with Crippen LogP contribution in [0.5, 0.6) is 5.75 Å². The fraction of sp³-hybridized carbons (Fsp3) is 0.136. The highest BCUT2D eigenvalue weighted by molar-refractivity contribution is 6.05. The largest absolute Gasteiger partial charge is 0.497 e. The topological polar surface area (TPSA) is 80.3 Å². The molecule has 0 aliphatic heterocycles. The number of para-hydroxylation sites is 1. The summed E-state index contributed by atoms with van der Waals surface area (Å²) in [7, 11) is 1.62. The minimum Gasteiger partial charge on any atom is -0.497 e. The molecule has 142 valence electrons. The minimum absolute atomic E-state index is 0.204. The zero-order valence-electron chi connectivity index (χ0n) is 15.5. The molecule has 1 aromatic heterocycles. The number of carbonyl (C=O) groups is 2. The van der Waals surface area contributed by atoms with Crippen LogP contribution in [0.3, 0.4) is 0 Å². The van der Waals surface area contributed by atoms with Crippen LogP contribution in [0.2, 0.25) is 0 Å². The van der Waals surface area contributed by atoms with Gasteiger partial charge in [-0.3, -0.25) is 14.6 Å². The number of anilines is 1. The summed E-state index contributed by atoms with van der Waals surface area (Å²) in [5.41, 5.74) is 2.36. The van der Waals surface area contributed by atoms with E-state index in [0.29, 0.717) is 24.2 Å². The summed E-state index contributed by atoms with van der Waals surface area (Å²) in [6.07, 6.45) is 2.14. The van der Waals surface area contributed by atoms with Gasteiger partial charge >= 0.3 is 0 Å². The van der Waals surface area contributed by atoms with Crippen LogP contribution in [0.15, 0.2) is 72.9 Å². The molecule has 0 aliphatic carbocycles. The first-order valence-electron chi connectivity index (χ1n) is 8.89. The molecule has 2 aromatic carbocycles. The van der Waals surface area contributed by atoms with Crippen LogP contribution in [0.25, 0.3) is 0 Å². The number of nitrogens with zero attached hydrogens (tertiary/aromatic N) is 1. The van der Waals surface area contributed by atoms with E-state index < -0.39 is 0 Å². The van der Waals surface area contributed by atoms with Crippen molar-refractivity contribution in [3.8, 4) is 5.75 Å². The Morgan fingerprint density at radius 2 is 1.71 bits per heavy atom. The molecular weight excluding hydrogens is 354 g/mol. The van der Waals surface area contributed by atoms with Gasteiger partial charge in [0.15, 0.2) is 0 Å².